The number of benzene rings is 2. The summed E-state index contributed by atoms with van der Waals surface area (Å²) in [7, 11) is 0. The highest BCUT2D eigenvalue weighted by molar-refractivity contribution is 5.66. The fourth-order valence-electron chi connectivity index (χ4n) is 3.89. The largest absolute Gasteiger partial charge is 0.371 e. The standard InChI is InChI=1S/C24H27FN2O/c1-16(2)18-6-10-21(11-7-18)27-17(3)22(24-15-26-12-13-28-24)14-23(27)19-4-8-20(25)9-5-19/h4-11,14,16,24,26H,12-13,15H2,1-3H3. The number of rotatable bonds is 4. The summed E-state index contributed by atoms with van der Waals surface area (Å²) < 4.78 is 21.8. The molecule has 3 nitrogen and oxygen atoms in total. The van der Waals surface area contributed by atoms with Crippen molar-refractivity contribution in [2.45, 2.75) is 32.8 Å². The molecule has 0 bridgehead atoms. The average Bonchev–Trinajstić information content (AvgIpc) is 3.06. The monoisotopic (exact) mass is 378 g/mol. The molecule has 1 aliphatic rings. The van der Waals surface area contributed by atoms with E-state index in [0.717, 1.165) is 35.7 Å². The molecule has 1 aliphatic heterocycles. The fourth-order valence-corrected chi connectivity index (χ4v) is 3.89. The zero-order valence-electron chi connectivity index (χ0n) is 16.7. The number of nitrogens with zero attached hydrogens (tertiary/aromatic N) is 1. The van der Waals surface area contributed by atoms with Gasteiger partial charge in [-0.15, -0.1) is 0 Å². The van der Waals surface area contributed by atoms with Gasteiger partial charge in [0.05, 0.1) is 18.4 Å². The second-order valence-electron chi connectivity index (χ2n) is 7.72. The predicted molar refractivity (Wildman–Crippen MR) is 112 cm³/mol. The van der Waals surface area contributed by atoms with Crippen LogP contribution in [-0.2, 0) is 4.74 Å². The van der Waals surface area contributed by atoms with Crippen LogP contribution in [-0.4, -0.2) is 24.3 Å². The first-order chi connectivity index (χ1) is 13.5. The van der Waals surface area contributed by atoms with Crippen LogP contribution in [0.15, 0.2) is 54.6 Å². The van der Waals surface area contributed by atoms with E-state index in [9.17, 15) is 4.39 Å². The maximum Gasteiger partial charge on any atom is 0.123 e. The van der Waals surface area contributed by atoms with E-state index in [1.165, 1.54) is 23.3 Å². The molecule has 0 saturated carbocycles. The van der Waals surface area contributed by atoms with Gasteiger partial charge in [-0.25, -0.2) is 4.39 Å². The topological polar surface area (TPSA) is 26.2 Å². The van der Waals surface area contributed by atoms with Crippen LogP contribution in [0.3, 0.4) is 0 Å². The van der Waals surface area contributed by atoms with Gasteiger partial charge in [-0.1, -0.05) is 26.0 Å². The zero-order valence-corrected chi connectivity index (χ0v) is 16.7. The van der Waals surface area contributed by atoms with Crippen molar-refractivity contribution in [3.05, 3.63) is 77.2 Å². The lowest BCUT2D eigenvalue weighted by Gasteiger charge is -2.24. The van der Waals surface area contributed by atoms with Crippen LogP contribution in [0.5, 0.6) is 0 Å². The van der Waals surface area contributed by atoms with Gasteiger partial charge in [0, 0.05) is 30.0 Å². The Morgan fingerprint density at radius 3 is 2.39 bits per heavy atom. The van der Waals surface area contributed by atoms with E-state index in [1.54, 1.807) is 0 Å². The van der Waals surface area contributed by atoms with E-state index in [2.05, 4.69) is 61.0 Å². The Hall–Kier alpha value is -2.43. The summed E-state index contributed by atoms with van der Waals surface area (Å²) in [5.41, 5.74) is 6.81. The van der Waals surface area contributed by atoms with Crippen molar-refractivity contribution in [2.75, 3.05) is 19.7 Å². The van der Waals surface area contributed by atoms with Gasteiger partial charge in [-0.05, 0) is 66.4 Å². The number of ether oxygens (including phenoxy) is 1. The van der Waals surface area contributed by atoms with E-state index in [4.69, 9.17) is 4.74 Å². The van der Waals surface area contributed by atoms with E-state index in [-0.39, 0.29) is 11.9 Å². The number of hydrogen-bond donors (Lipinski definition) is 1. The normalized spacial score (nSPS) is 17.2. The molecule has 0 spiro atoms. The van der Waals surface area contributed by atoms with Crippen LogP contribution < -0.4 is 5.32 Å². The molecule has 1 aromatic heterocycles. The van der Waals surface area contributed by atoms with Crippen molar-refractivity contribution in [3.63, 3.8) is 0 Å². The number of morpholine rings is 1. The Morgan fingerprint density at radius 2 is 1.79 bits per heavy atom. The lowest BCUT2D eigenvalue weighted by atomic mass is 10.0. The van der Waals surface area contributed by atoms with Gasteiger partial charge in [0.25, 0.3) is 0 Å². The fraction of sp³-hybridized carbons (Fsp3) is 0.333. The molecule has 28 heavy (non-hydrogen) atoms. The summed E-state index contributed by atoms with van der Waals surface area (Å²) in [5.74, 6) is 0.272. The first-order valence-corrected chi connectivity index (χ1v) is 9.95. The molecule has 4 rings (SSSR count). The van der Waals surface area contributed by atoms with Gasteiger partial charge >= 0.3 is 0 Å². The second kappa shape index (κ2) is 7.90. The Kier molecular flexibility index (Phi) is 5.33. The van der Waals surface area contributed by atoms with E-state index < -0.39 is 0 Å². The highest BCUT2D eigenvalue weighted by Gasteiger charge is 2.23. The molecule has 1 fully saturated rings. The van der Waals surface area contributed by atoms with Crippen LogP contribution in [0, 0.1) is 12.7 Å². The van der Waals surface area contributed by atoms with Crippen LogP contribution in [0.2, 0.25) is 0 Å². The van der Waals surface area contributed by atoms with Crippen LogP contribution in [0.4, 0.5) is 4.39 Å². The molecule has 146 valence electrons. The average molecular weight is 378 g/mol. The second-order valence-corrected chi connectivity index (χ2v) is 7.72. The van der Waals surface area contributed by atoms with Crippen molar-refractivity contribution in [1.82, 2.24) is 9.88 Å². The molecule has 4 heteroatoms. The van der Waals surface area contributed by atoms with E-state index in [1.807, 2.05) is 12.1 Å². The quantitative estimate of drug-likeness (QED) is 0.660. The minimum Gasteiger partial charge on any atom is -0.371 e. The molecule has 1 unspecified atom stereocenters. The van der Waals surface area contributed by atoms with Crippen LogP contribution in [0.1, 0.15) is 42.7 Å². The molecule has 1 atom stereocenters. The number of aromatic nitrogens is 1. The van der Waals surface area contributed by atoms with E-state index >= 15 is 0 Å². The number of nitrogens with one attached hydrogen (secondary N) is 1. The summed E-state index contributed by atoms with van der Waals surface area (Å²) in [6, 6.07) is 17.6. The number of hydrogen-bond acceptors (Lipinski definition) is 2. The molecule has 1 N–H and O–H groups in total. The van der Waals surface area contributed by atoms with Crippen molar-refractivity contribution >= 4 is 0 Å². The predicted octanol–water partition coefficient (Wildman–Crippen LogP) is 5.38. The highest BCUT2D eigenvalue weighted by atomic mass is 19.1. The van der Waals surface area contributed by atoms with Crippen molar-refractivity contribution < 1.29 is 9.13 Å². The van der Waals surface area contributed by atoms with Crippen LogP contribution >= 0.6 is 0 Å². The third kappa shape index (κ3) is 3.62. The smallest absolute Gasteiger partial charge is 0.123 e. The third-order valence-electron chi connectivity index (χ3n) is 5.52. The zero-order chi connectivity index (χ0) is 19.7. The minimum absolute atomic E-state index is 0.0316. The Morgan fingerprint density at radius 1 is 1.07 bits per heavy atom. The van der Waals surface area contributed by atoms with Gasteiger partial charge in [0.2, 0.25) is 0 Å². The summed E-state index contributed by atoms with van der Waals surface area (Å²) in [6.45, 7) is 8.94. The molecular weight excluding hydrogens is 351 g/mol. The molecule has 2 aromatic carbocycles. The highest BCUT2D eigenvalue weighted by Crippen LogP contribution is 2.34. The summed E-state index contributed by atoms with van der Waals surface area (Å²) in [4.78, 5) is 0. The van der Waals surface area contributed by atoms with Crippen molar-refractivity contribution in [1.29, 1.82) is 0 Å². The van der Waals surface area contributed by atoms with Gasteiger partial charge in [0.15, 0.2) is 0 Å². The summed E-state index contributed by atoms with van der Waals surface area (Å²) in [6.07, 6.45) is 0.0316. The molecular formula is C24H27FN2O. The lowest BCUT2D eigenvalue weighted by Crippen LogP contribution is -2.33. The van der Waals surface area contributed by atoms with Gasteiger partial charge < -0.3 is 14.6 Å². The third-order valence-corrected chi connectivity index (χ3v) is 5.52. The molecule has 3 aromatic rings. The van der Waals surface area contributed by atoms with Gasteiger partial charge in [-0.2, -0.15) is 0 Å². The van der Waals surface area contributed by atoms with Crippen molar-refractivity contribution in [2.24, 2.45) is 0 Å². The van der Waals surface area contributed by atoms with Crippen molar-refractivity contribution in [3.8, 4) is 16.9 Å². The molecule has 0 amide bonds. The first kappa shape index (κ1) is 18.9. The molecule has 1 saturated heterocycles. The minimum atomic E-state index is -0.222. The number of halogens is 1. The molecule has 0 radical (unpaired) electrons. The van der Waals surface area contributed by atoms with Gasteiger partial charge in [0.1, 0.15) is 5.82 Å². The Labute approximate surface area is 166 Å². The van der Waals surface area contributed by atoms with Crippen LogP contribution in [0.25, 0.3) is 16.9 Å². The Bertz CT molecular complexity index is 936. The summed E-state index contributed by atoms with van der Waals surface area (Å²) >= 11 is 0. The Balaban J connectivity index is 1.84. The molecule has 2 heterocycles. The van der Waals surface area contributed by atoms with Gasteiger partial charge in [-0.3, -0.25) is 0 Å². The summed E-state index contributed by atoms with van der Waals surface area (Å²) in [5, 5.41) is 3.41. The SMILES string of the molecule is Cc1c(C2CNCCO2)cc(-c2ccc(F)cc2)n1-c1ccc(C(C)C)cc1. The molecule has 0 aliphatic carbocycles. The maximum atomic E-state index is 13.5. The van der Waals surface area contributed by atoms with E-state index in [0.29, 0.717) is 12.5 Å². The first-order valence-electron chi connectivity index (χ1n) is 9.95. The maximum absolute atomic E-state index is 13.5. The lowest BCUT2D eigenvalue weighted by molar-refractivity contribution is 0.0273.